The summed E-state index contributed by atoms with van der Waals surface area (Å²) in [7, 11) is 0. The van der Waals surface area contributed by atoms with Crippen molar-refractivity contribution in [1.82, 2.24) is 14.9 Å². The van der Waals surface area contributed by atoms with Crippen molar-refractivity contribution in [3.63, 3.8) is 0 Å². The largest absolute Gasteiger partial charge is 0.348 e. The van der Waals surface area contributed by atoms with Crippen LogP contribution in [0, 0.1) is 0 Å². The topological polar surface area (TPSA) is 64.0 Å². The van der Waals surface area contributed by atoms with E-state index >= 15 is 0 Å². The molecule has 1 aliphatic rings. The highest BCUT2D eigenvalue weighted by atomic mass is 32.2. The van der Waals surface area contributed by atoms with Crippen molar-refractivity contribution in [2.45, 2.75) is 62.0 Å². The van der Waals surface area contributed by atoms with Gasteiger partial charge in [0.1, 0.15) is 0 Å². The van der Waals surface area contributed by atoms with Crippen LogP contribution in [0.3, 0.4) is 0 Å². The van der Waals surface area contributed by atoms with Gasteiger partial charge in [-0.1, -0.05) is 67.6 Å². The minimum atomic E-state index is -0.355. The maximum Gasteiger partial charge on any atom is 0.262 e. The Bertz CT molecular complexity index is 1090. The highest BCUT2D eigenvalue weighted by Gasteiger charge is 2.30. The third-order valence-electron chi connectivity index (χ3n) is 5.43. The van der Waals surface area contributed by atoms with Crippen LogP contribution in [0.1, 0.15) is 57.2 Å². The number of carbonyl (C=O) groups is 1. The first-order valence-electron chi connectivity index (χ1n) is 10.6. The highest BCUT2D eigenvalue weighted by molar-refractivity contribution is 8.00. The molecule has 4 rings (SSSR count). The smallest absolute Gasteiger partial charge is 0.262 e. The van der Waals surface area contributed by atoms with E-state index in [-0.39, 0.29) is 28.8 Å². The molecule has 6 heteroatoms. The van der Waals surface area contributed by atoms with E-state index in [0.717, 1.165) is 31.2 Å². The van der Waals surface area contributed by atoms with Gasteiger partial charge in [0.05, 0.1) is 22.2 Å². The molecule has 0 unspecified atom stereocenters. The fourth-order valence-corrected chi connectivity index (χ4v) is 4.65. The monoisotopic (exact) mass is 421 g/mol. The fraction of sp³-hybridized carbons (Fsp3) is 0.375. The summed E-state index contributed by atoms with van der Waals surface area (Å²) in [6, 6.07) is 17.7. The molecule has 1 N–H and O–H groups in total. The number of fused-ring (bicyclic) bond motifs is 1. The Kier molecular flexibility index (Phi) is 6.23. The van der Waals surface area contributed by atoms with Gasteiger partial charge in [-0.05, 0) is 43.9 Å². The Morgan fingerprint density at radius 2 is 1.87 bits per heavy atom. The number of para-hydroxylation sites is 1. The van der Waals surface area contributed by atoms with Crippen LogP contribution in [0.5, 0.6) is 0 Å². The molecule has 0 saturated heterocycles. The molecule has 1 heterocycles. The van der Waals surface area contributed by atoms with E-state index in [1.807, 2.05) is 61.5 Å². The van der Waals surface area contributed by atoms with Crippen molar-refractivity contribution in [3.8, 4) is 0 Å². The number of hydrogen-bond donors (Lipinski definition) is 1. The number of amides is 1. The summed E-state index contributed by atoms with van der Waals surface area (Å²) in [5.41, 5.74) is 1.79. The lowest BCUT2D eigenvalue weighted by molar-refractivity contribution is -0.121. The lowest BCUT2D eigenvalue weighted by atomic mass is 10.0. The summed E-state index contributed by atoms with van der Waals surface area (Å²) in [4.78, 5) is 30.8. The average Bonchev–Trinajstić information content (AvgIpc) is 3.59. The molecule has 0 bridgehead atoms. The van der Waals surface area contributed by atoms with Crippen molar-refractivity contribution in [2.75, 3.05) is 0 Å². The van der Waals surface area contributed by atoms with E-state index in [9.17, 15) is 9.59 Å². The number of rotatable bonds is 8. The molecule has 1 amide bonds. The summed E-state index contributed by atoms with van der Waals surface area (Å²) < 4.78 is 1.79. The van der Waals surface area contributed by atoms with Gasteiger partial charge >= 0.3 is 0 Å². The standard InChI is InChI=1S/C24H27N3O2S/c1-3-9-20(17-10-5-4-6-11-17)25-22(28)16(2)30-24-26-21-13-8-7-12-19(21)23(29)27(24)18-14-15-18/h4-8,10-13,16,18,20H,3,9,14-15H2,1-2H3,(H,25,28)/t16-,20+/m0/s1. The zero-order valence-electron chi connectivity index (χ0n) is 17.4. The molecule has 1 aromatic heterocycles. The normalized spacial score (nSPS) is 15.7. The summed E-state index contributed by atoms with van der Waals surface area (Å²) in [5.74, 6) is -0.0351. The van der Waals surface area contributed by atoms with Gasteiger partial charge in [-0.2, -0.15) is 0 Å². The van der Waals surface area contributed by atoms with Crippen molar-refractivity contribution >= 4 is 28.6 Å². The second kappa shape index (κ2) is 9.04. The number of aromatic nitrogens is 2. The number of carbonyl (C=O) groups excluding carboxylic acids is 1. The van der Waals surface area contributed by atoms with Gasteiger partial charge in [0.2, 0.25) is 5.91 Å². The van der Waals surface area contributed by atoms with E-state index in [4.69, 9.17) is 4.98 Å². The molecule has 2 atom stereocenters. The number of nitrogens with one attached hydrogen (secondary N) is 1. The van der Waals surface area contributed by atoms with E-state index < -0.39 is 0 Å². The molecule has 0 spiro atoms. The molecule has 0 radical (unpaired) electrons. The molecule has 1 fully saturated rings. The maximum atomic E-state index is 13.0. The van der Waals surface area contributed by atoms with Gasteiger partial charge in [0, 0.05) is 6.04 Å². The van der Waals surface area contributed by atoms with Crippen LogP contribution in [0.2, 0.25) is 0 Å². The summed E-state index contributed by atoms with van der Waals surface area (Å²) in [6.45, 7) is 4.00. The molecule has 30 heavy (non-hydrogen) atoms. The highest BCUT2D eigenvalue weighted by Crippen LogP contribution is 2.37. The molecule has 156 valence electrons. The third-order valence-corrected chi connectivity index (χ3v) is 6.50. The van der Waals surface area contributed by atoms with Crippen LogP contribution in [0.4, 0.5) is 0 Å². The molecular weight excluding hydrogens is 394 g/mol. The number of benzene rings is 2. The zero-order chi connectivity index (χ0) is 21.1. The first kappa shape index (κ1) is 20.7. The Balaban J connectivity index is 1.56. The Morgan fingerprint density at radius 1 is 1.17 bits per heavy atom. The maximum absolute atomic E-state index is 13.0. The summed E-state index contributed by atoms with van der Waals surface area (Å²) >= 11 is 1.37. The average molecular weight is 422 g/mol. The molecule has 0 aliphatic heterocycles. The van der Waals surface area contributed by atoms with Crippen molar-refractivity contribution in [3.05, 3.63) is 70.5 Å². The number of hydrogen-bond acceptors (Lipinski definition) is 4. The number of thioether (sulfide) groups is 1. The summed E-state index contributed by atoms with van der Waals surface area (Å²) in [5, 5.41) is 4.11. The minimum absolute atomic E-state index is 0.00801. The lowest BCUT2D eigenvalue weighted by Crippen LogP contribution is -2.35. The van der Waals surface area contributed by atoms with Crippen LogP contribution in [-0.2, 0) is 4.79 Å². The predicted molar refractivity (Wildman–Crippen MR) is 122 cm³/mol. The van der Waals surface area contributed by atoms with E-state index in [1.165, 1.54) is 11.8 Å². The molecule has 1 aliphatic carbocycles. The molecule has 1 saturated carbocycles. The first-order chi connectivity index (χ1) is 14.6. The van der Waals surface area contributed by atoms with E-state index in [2.05, 4.69) is 12.2 Å². The van der Waals surface area contributed by atoms with Gasteiger partial charge < -0.3 is 5.32 Å². The van der Waals surface area contributed by atoms with Gasteiger partial charge in [0.25, 0.3) is 5.56 Å². The zero-order valence-corrected chi connectivity index (χ0v) is 18.2. The minimum Gasteiger partial charge on any atom is -0.348 e. The quantitative estimate of drug-likeness (QED) is 0.416. The predicted octanol–water partition coefficient (Wildman–Crippen LogP) is 4.87. The van der Waals surface area contributed by atoms with Crippen LogP contribution < -0.4 is 10.9 Å². The Hall–Kier alpha value is -2.60. The Labute approximate surface area is 180 Å². The second-order valence-electron chi connectivity index (χ2n) is 7.84. The van der Waals surface area contributed by atoms with Gasteiger partial charge in [0.15, 0.2) is 5.16 Å². The van der Waals surface area contributed by atoms with Crippen LogP contribution in [-0.4, -0.2) is 20.7 Å². The van der Waals surface area contributed by atoms with Gasteiger partial charge in [-0.25, -0.2) is 4.98 Å². The molecule has 5 nitrogen and oxygen atoms in total. The van der Waals surface area contributed by atoms with Crippen LogP contribution in [0.15, 0.2) is 64.5 Å². The van der Waals surface area contributed by atoms with E-state index in [1.54, 1.807) is 4.57 Å². The van der Waals surface area contributed by atoms with Crippen molar-refractivity contribution in [2.24, 2.45) is 0 Å². The van der Waals surface area contributed by atoms with Gasteiger partial charge in [-0.15, -0.1) is 0 Å². The van der Waals surface area contributed by atoms with Crippen LogP contribution >= 0.6 is 11.8 Å². The first-order valence-corrected chi connectivity index (χ1v) is 11.5. The second-order valence-corrected chi connectivity index (χ2v) is 9.15. The summed E-state index contributed by atoms with van der Waals surface area (Å²) in [6.07, 6.45) is 3.84. The van der Waals surface area contributed by atoms with Gasteiger partial charge in [-0.3, -0.25) is 14.2 Å². The fourth-order valence-electron chi connectivity index (χ4n) is 3.66. The SMILES string of the molecule is CCC[C@@H](NC(=O)[C@H](C)Sc1nc2ccccc2c(=O)n1C1CC1)c1ccccc1. The number of nitrogens with zero attached hydrogens (tertiary/aromatic N) is 2. The Morgan fingerprint density at radius 3 is 2.57 bits per heavy atom. The molecular formula is C24H27N3O2S. The molecule has 2 aromatic carbocycles. The lowest BCUT2D eigenvalue weighted by Gasteiger charge is -2.21. The van der Waals surface area contributed by atoms with E-state index in [0.29, 0.717) is 16.1 Å². The van der Waals surface area contributed by atoms with Crippen molar-refractivity contribution in [1.29, 1.82) is 0 Å². The molecule has 3 aromatic rings. The van der Waals surface area contributed by atoms with Crippen LogP contribution in [0.25, 0.3) is 10.9 Å². The van der Waals surface area contributed by atoms with Crippen molar-refractivity contribution < 1.29 is 4.79 Å². The third kappa shape index (κ3) is 4.43.